The fourth-order valence-corrected chi connectivity index (χ4v) is 5.48. The van der Waals surface area contributed by atoms with E-state index in [9.17, 15) is 14.4 Å². The molecular weight excluding hydrogens is 593 g/mol. The van der Waals surface area contributed by atoms with E-state index in [1.165, 1.54) is 23.1 Å². The molecule has 10 heteroatoms. The lowest BCUT2D eigenvalue weighted by Gasteiger charge is -2.12. The van der Waals surface area contributed by atoms with Crippen LogP contribution in [-0.4, -0.2) is 35.6 Å². The maximum atomic E-state index is 13.2. The molecule has 3 amide bonds. The van der Waals surface area contributed by atoms with Gasteiger partial charge < -0.3 is 20.7 Å². The lowest BCUT2D eigenvalue weighted by Crippen LogP contribution is -2.30. The molecule has 8 nitrogen and oxygen atoms in total. The van der Waals surface area contributed by atoms with Crippen LogP contribution < -0.4 is 20.7 Å². The third-order valence-corrected chi connectivity index (χ3v) is 8.01. The zero-order chi connectivity index (χ0) is 30.7. The van der Waals surface area contributed by atoms with Gasteiger partial charge in [-0.25, -0.2) is 4.98 Å². The van der Waals surface area contributed by atoms with Crippen molar-refractivity contribution in [1.29, 1.82) is 0 Å². The Hall–Kier alpha value is -5.19. The molecule has 1 aromatic heterocycles. The monoisotopic (exact) mass is 620 g/mol. The fourth-order valence-electron chi connectivity index (χ4n) is 4.04. The number of nitrogens with zero attached hydrogens (tertiary/aromatic N) is 1. The average Bonchev–Trinajstić information content (AvgIpc) is 3.53. The van der Waals surface area contributed by atoms with Gasteiger partial charge in [0, 0.05) is 27.1 Å². The van der Waals surface area contributed by atoms with E-state index in [0.717, 1.165) is 27.5 Å². The number of carbonyl (C=O) groups is 3. The highest BCUT2D eigenvalue weighted by atomic mass is 32.2. The summed E-state index contributed by atoms with van der Waals surface area (Å²) in [5.41, 5.74) is 3.53. The van der Waals surface area contributed by atoms with E-state index in [2.05, 4.69) is 20.9 Å². The van der Waals surface area contributed by atoms with Crippen LogP contribution in [0.5, 0.6) is 5.75 Å². The summed E-state index contributed by atoms with van der Waals surface area (Å²) in [6.45, 7) is 0. The van der Waals surface area contributed by atoms with Gasteiger partial charge >= 0.3 is 0 Å². The van der Waals surface area contributed by atoms with Gasteiger partial charge in [0.15, 0.2) is 5.13 Å². The number of carbonyl (C=O) groups excluding carboxylic acids is 3. The first-order valence-electron chi connectivity index (χ1n) is 13.5. The number of rotatable bonds is 11. The molecular formula is C34H28N4O4S2. The molecule has 5 rings (SSSR count). The van der Waals surface area contributed by atoms with E-state index in [4.69, 9.17) is 4.74 Å². The molecule has 0 saturated carbocycles. The summed E-state index contributed by atoms with van der Waals surface area (Å²) in [4.78, 5) is 44.0. The maximum absolute atomic E-state index is 13.2. The number of hydrogen-bond acceptors (Lipinski definition) is 7. The Morgan fingerprint density at radius 3 is 2.32 bits per heavy atom. The predicted octanol–water partition coefficient (Wildman–Crippen LogP) is 6.96. The molecule has 220 valence electrons. The molecule has 44 heavy (non-hydrogen) atoms. The molecule has 0 aliphatic heterocycles. The fraction of sp³-hybridized carbons (Fsp3) is 0.0588. The molecule has 1 heterocycles. The van der Waals surface area contributed by atoms with E-state index < -0.39 is 5.91 Å². The van der Waals surface area contributed by atoms with E-state index in [1.54, 1.807) is 49.6 Å². The maximum Gasteiger partial charge on any atom is 0.272 e. The zero-order valence-electron chi connectivity index (χ0n) is 23.7. The van der Waals surface area contributed by atoms with Crippen molar-refractivity contribution in [3.8, 4) is 17.0 Å². The van der Waals surface area contributed by atoms with Crippen molar-refractivity contribution in [3.05, 3.63) is 131 Å². The summed E-state index contributed by atoms with van der Waals surface area (Å²) in [5.74, 6) is -0.0995. The Bertz CT molecular complexity index is 1770. The summed E-state index contributed by atoms with van der Waals surface area (Å²) in [6, 6.07) is 32.7. The van der Waals surface area contributed by atoms with Crippen LogP contribution in [0, 0.1) is 0 Å². The molecule has 0 aliphatic carbocycles. The second kappa shape index (κ2) is 14.8. The number of benzene rings is 4. The second-order valence-electron chi connectivity index (χ2n) is 9.37. The van der Waals surface area contributed by atoms with Crippen molar-refractivity contribution >= 4 is 57.7 Å². The number of anilines is 2. The Morgan fingerprint density at radius 2 is 1.59 bits per heavy atom. The molecule has 0 saturated heterocycles. The lowest BCUT2D eigenvalue weighted by atomic mass is 10.1. The summed E-state index contributed by atoms with van der Waals surface area (Å²) < 4.78 is 5.27. The Morgan fingerprint density at radius 1 is 0.864 bits per heavy atom. The number of thiazole rings is 1. The predicted molar refractivity (Wildman–Crippen MR) is 177 cm³/mol. The minimum Gasteiger partial charge on any atom is -0.497 e. The van der Waals surface area contributed by atoms with Crippen LogP contribution >= 0.6 is 23.1 Å². The van der Waals surface area contributed by atoms with Gasteiger partial charge in [0.25, 0.3) is 11.8 Å². The average molecular weight is 621 g/mol. The van der Waals surface area contributed by atoms with Crippen molar-refractivity contribution in [1.82, 2.24) is 10.3 Å². The summed E-state index contributed by atoms with van der Waals surface area (Å²) in [7, 11) is 1.61. The van der Waals surface area contributed by atoms with E-state index in [0.29, 0.717) is 16.4 Å². The second-order valence-corrected chi connectivity index (χ2v) is 11.3. The molecule has 0 spiro atoms. The highest BCUT2D eigenvalue weighted by Gasteiger charge is 2.15. The van der Waals surface area contributed by atoms with Crippen molar-refractivity contribution in [3.63, 3.8) is 0 Å². The quantitative estimate of drug-likeness (QED) is 0.109. The van der Waals surface area contributed by atoms with Gasteiger partial charge in [0.05, 0.1) is 18.6 Å². The molecule has 0 aliphatic rings. The van der Waals surface area contributed by atoms with Gasteiger partial charge in [-0.2, -0.15) is 0 Å². The van der Waals surface area contributed by atoms with Gasteiger partial charge in [-0.1, -0.05) is 60.7 Å². The van der Waals surface area contributed by atoms with Crippen molar-refractivity contribution in [2.45, 2.75) is 4.90 Å². The standard InChI is InChI=1S/C34H28N4O4S2/c1-42-27-14-8-13-25(20-27)30-21-44-34(37-30)38-31(39)22-43-28-17-15-26(16-18-28)35-33(41)29(19-23-9-4-2-5-10-23)36-32(40)24-11-6-3-7-12-24/h2-21H,22H2,1H3,(H,35,41)(H,36,40)(H,37,38,39)/b29-19-. The number of hydrogen-bond donors (Lipinski definition) is 3. The van der Waals surface area contributed by atoms with Gasteiger partial charge in [0.1, 0.15) is 11.4 Å². The largest absolute Gasteiger partial charge is 0.497 e. The van der Waals surface area contributed by atoms with Crippen LogP contribution in [0.2, 0.25) is 0 Å². The third kappa shape index (κ3) is 8.43. The SMILES string of the molecule is COc1cccc(-c2csc(NC(=O)CSc3ccc(NC(=O)/C(=C/c4ccccc4)NC(=O)c4ccccc4)cc3)n2)c1. The zero-order valence-corrected chi connectivity index (χ0v) is 25.3. The lowest BCUT2D eigenvalue weighted by molar-refractivity contribution is -0.114. The Labute approximate surface area is 263 Å². The Kier molecular flexibility index (Phi) is 10.2. The van der Waals surface area contributed by atoms with Crippen molar-refractivity contribution in [2.24, 2.45) is 0 Å². The number of thioether (sulfide) groups is 1. The molecule has 0 fully saturated rings. The van der Waals surface area contributed by atoms with Crippen LogP contribution in [0.1, 0.15) is 15.9 Å². The smallest absolute Gasteiger partial charge is 0.272 e. The molecule has 4 aromatic carbocycles. The summed E-state index contributed by atoms with van der Waals surface area (Å²) >= 11 is 2.72. The van der Waals surface area contributed by atoms with E-state index in [1.807, 2.05) is 78.2 Å². The highest BCUT2D eigenvalue weighted by molar-refractivity contribution is 8.00. The topological polar surface area (TPSA) is 109 Å². The number of ether oxygens (including phenoxy) is 1. The summed E-state index contributed by atoms with van der Waals surface area (Å²) in [5, 5.41) is 10.8. The summed E-state index contributed by atoms with van der Waals surface area (Å²) in [6.07, 6.45) is 1.63. The first kappa shape index (κ1) is 30.3. The molecule has 0 bridgehead atoms. The normalized spacial score (nSPS) is 11.0. The van der Waals surface area contributed by atoms with Crippen molar-refractivity contribution in [2.75, 3.05) is 23.5 Å². The highest BCUT2D eigenvalue weighted by Crippen LogP contribution is 2.28. The minimum absolute atomic E-state index is 0.108. The number of amides is 3. The van der Waals surface area contributed by atoms with Crippen LogP contribution in [0.4, 0.5) is 10.8 Å². The third-order valence-electron chi connectivity index (χ3n) is 6.24. The first-order valence-corrected chi connectivity index (χ1v) is 15.4. The molecule has 3 N–H and O–H groups in total. The van der Waals surface area contributed by atoms with Crippen LogP contribution in [0.15, 0.2) is 125 Å². The van der Waals surface area contributed by atoms with Crippen LogP contribution in [0.25, 0.3) is 17.3 Å². The molecule has 5 aromatic rings. The van der Waals surface area contributed by atoms with Crippen molar-refractivity contribution < 1.29 is 19.1 Å². The van der Waals surface area contributed by atoms with Crippen LogP contribution in [0.3, 0.4) is 0 Å². The van der Waals surface area contributed by atoms with Gasteiger partial charge in [-0.15, -0.1) is 23.1 Å². The molecule has 0 unspecified atom stereocenters. The Balaban J connectivity index is 1.17. The number of nitrogens with one attached hydrogen (secondary N) is 3. The molecule has 0 radical (unpaired) electrons. The van der Waals surface area contributed by atoms with Gasteiger partial charge in [-0.3, -0.25) is 14.4 Å². The van der Waals surface area contributed by atoms with E-state index in [-0.39, 0.29) is 23.3 Å². The first-order chi connectivity index (χ1) is 21.5. The molecule has 0 atom stereocenters. The van der Waals surface area contributed by atoms with Crippen LogP contribution in [-0.2, 0) is 9.59 Å². The number of aromatic nitrogens is 1. The minimum atomic E-state index is -0.463. The van der Waals surface area contributed by atoms with Gasteiger partial charge in [-0.05, 0) is 60.2 Å². The number of methoxy groups -OCH3 is 1. The van der Waals surface area contributed by atoms with E-state index >= 15 is 0 Å². The van der Waals surface area contributed by atoms with Gasteiger partial charge in [0.2, 0.25) is 5.91 Å².